The Morgan fingerprint density at radius 1 is 0.897 bits per heavy atom. The summed E-state index contributed by atoms with van der Waals surface area (Å²) in [6.45, 7) is 0. The van der Waals surface area contributed by atoms with E-state index in [1.807, 2.05) is 54.0 Å². The normalized spacial score (nSPS) is 11.4. The molecule has 0 fully saturated rings. The molecular formula is C21H12Cl3N3S2. The molecule has 0 bridgehead atoms. The van der Waals surface area contributed by atoms with Gasteiger partial charge < -0.3 is 0 Å². The van der Waals surface area contributed by atoms with Gasteiger partial charge in [-0.2, -0.15) is 0 Å². The summed E-state index contributed by atoms with van der Waals surface area (Å²) in [6, 6.07) is 13.4. The van der Waals surface area contributed by atoms with Crippen LogP contribution in [-0.2, 0) is 6.42 Å². The monoisotopic (exact) mass is 475 g/mol. The molecule has 29 heavy (non-hydrogen) atoms. The zero-order valence-electron chi connectivity index (χ0n) is 14.8. The van der Waals surface area contributed by atoms with E-state index in [1.54, 1.807) is 22.7 Å². The van der Waals surface area contributed by atoms with Crippen molar-refractivity contribution in [2.75, 3.05) is 0 Å². The van der Waals surface area contributed by atoms with Crippen LogP contribution in [0.25, 0.3) is 27.6 Å². The first-order valence-electron chi connectivity index (χ1n) is 8.68. The second kappa shape index (κ2) is 7.74. The van der Waals surface area contributed by atoms with Gasteiger partial charge in [0.05, 0.1) is 20.7 Å². The van der Waals surface area contributed by atoms with Gasteiger partial charge in [0.2, 0.25) is 0 Å². The average molecular weight is 477 g/mol. The number of fused-ring (bicyclic) bond motifs is 1. The molecule has 5 rings (SSSR count). The molecule has 0 N–H and O–H groups in total. The molecule has 0 aliphatic carbocycles. The molecule has 144 valence electrons. The molecule has 0 radical (unpaired) electrons. The number of thiazole rings is 2. The first-order valence-corrected chi connectivity index (χ1v) is 11.6. The van der Waals surface area contributed by atoms with Gasteiger partial charge in [-0.1, -0.05) is 53.0 Å². The predicted octanol–water partition coefficient (Wildman–Crippen LogP) is 7.74. The summed E-state index contributed by atoms with van der Waals surface area (Å²) < 4.78 is 2.09. The van der Waals surface area contributed by atoms with E-state index in [-0.39, 0.29) is 0 Å². The molecule has 0 aliphatic rings. The molecule has 3 heterocycles. The second-order valence-electron chi connectivity index (χ2n) is 6.42. The number of hydrogen-bond donors (Lipinski definition) is 0. The third-order valence-electron chi connectivity index (χ3n) is 4.51. The van der Waals surface area contributed by atoms with E-state index in [0.717, 1.165) is 38.2 Å². The van der Waals surface area contributed by atoms with Crippen molar-refractivity contribution < 1.29 is 0 Å². The van der Waals surface area contributed by atoms with Crippen LogP contribution >= 0.6 is 57.5 Å². The van der Waals surface area contributed by atoms with Gasteiger partial charge in [-0.15, -0.1) is 22.7 Å². The molecule has 3 nitrogen and oxygen atoms in total. The number of nitrogens with zero attached hydrogens (tertiary/aromatic N) is 3. The number of halogens is 3. The van der Waals surface area contributed by atoms with Crippen molar-refractivity contribution in [1.82, 2.24) is 14.4 Å². The lowest BCUT2D eigenvalue weighted by Gasteiger charge is -2.03. The van der Waals surface area contributed by atoms with E-state index in [1.165, 1.54) is 0 Å². The van der Waals surface area contributed by atoms with Gasteiger partial charge in [-0.05, 0) is 29.8 Å². The summed E-state index contributed by atoms with van der Waals surface area (Å²) in [6.07, 6.45) is 2.73. The van der Waals surface area contributed by atoms with Crippen LogP contribution in [0.4, 0.5) is 0 Å². The number of rotatable bonds is 4. The highest BCUT2D eigenvalue weighted by Gasteiger charge is 2.19. The number of imidazole rings is 1. The van der Waals surface area contributed by atoms with E-state index in [9.17, 15) is 0 Å². The summed E-state index contributed by atoms with van der Waals surface area (Å²) in [4.78, 5) is 10.7. The van der Waals surface area contributed by atoms with Crippen molar-refractivity contribution in [2.24, 2.45) is 0 Å². The fraction of sp³-hybridized carbons (Fsp3) is 0.0476. The molecule has 0 spiro atoms. The van der Waals surface area contributed by atoms with Gasteiger partial charge in [0.25, 0.3) is 0 Å². The summed E-state index contributed by atoms with van der Waals surface area (Å²) in [7, 11) is 0. The highest BCUT2D eigenvalue weighted by Crippen LogP contribution is 2.35. The summed E-state index contributed by atoms with van der Waals surface area (Å²) in [5.41, 5.74) is 4.88. The molecule has 5 aromatic rings. The lowest BCUT2D eigenvalue weighted by atomic mass is 10.1. The van der Waals surface area contributed by atoms with Gasteiger partial charge in [0.1, 0.15) is 11.4 Å². The molecule has 0 atom stereocenters. The smallest absolute Gasteiger partial charge is 0.194 e. The Hall–Kier alpha value is -1.89. The molecular weight excluding hydrogens is 465 g/mol. The predicted molar refractivity (Wildman–Crippen MR) is 124 cm³/mol. The molecule has 0 saturated carbocycles. The van der Waals surface area contributed by atoms with Crippen molar-refractivity contribution in [2.45, 2.75) is 6.42 Å². The van der Waals surface area contributed by atoms with Gasteiger partial charge in [-0.25, -0.2) is 9.97 Å². The Morgan fingerprint density at radius 2 is 1.72 bits per heavy atom. The molecule has 3 aromatic heterocycles. The summed E-state index contributed by atoms with van der Waals surface area (Å²) >= 11 is 21.5. The molecule has 8 heteroatoms. The first-order chi connectivity index (χ1) is 14.1. The Labute approximate surface area is 190 Å². The van der Waals surface area contributed by atoms with Gasteiger partial charge in [0, 0.05) is 34.0 Å². The van der Waals surface area contributed by atoms with E-state index in [0.29, 0.717) is 21.5 Å². The SMILES string of the molecule is Clc1ccc(-c2nc3sccn3c2-c2csc(Cc3ccc(Cl)c(Cl)c3)n2)cc1. The largest absolute Gasteiger partial charge is 0.288 e. The standard InChI is InChI=1S/C21H12Cl3N3S2/c22-14-4-2-13(3-5-14)19-20(27-7-8-28-21(27)26-19)17-11-29-18(25-17)10-12-1-6-15(23)16(24)9-12/h1-9,11H,10H2. The van der Waals surface area contributed by atoms with E-state index >= 15 is 0 Å². The van der Waals surface area contributed by atoms with Crippen LogP contribution in [-0.4, -0.2) is 14.4 Å². The zero-order chi connectivity index (χ0) is 20.0. The minimum absolute atomic E-state index is 0.557. The van der Waals surface area contributed by atoms with E-state index < -0.39 is 0 Å². The van der Waals surface area contributed by atoms with Crippen LogP contribution in [0.1, 0.15) is 10.6 Å². The second-order valence-corrected chi connectivity index (χ2v) is 9.49. The molecule has 2 aromatic carbocycles. The van der Waals surface area contributed by atoms with Gasteiger partial charge in [-0.3, -0.25) is 4.40 Å². The number of benzene rings is 2. The molecule has 0 amide bonds. The maximum atomic E-state index is 6.15. The van der Waals surface area contributed by atoms with Crippen molar-refractivity contribution in [3.05, 3.63) is 85.1 Å². The fourth-order valence-corrected chi connectivity index (χ4v) is 5.14. The highest BCUT2D eigenvalue weighted by molar-refractivity contribution is 7.15. The Bertz CT molecular complexity index is 1320. The van der Waals surface area contributed by atoms with Crippen LogP contribution in [0.2, 0.25) is 15.1 Å². The van der Waals surface area contributed by atoms with Crippen molar-refractivity contribution >= 4 is 62.4 Å². The highest BCUT2D eigenvalue weighted by atomic mass is 35.5. The average Bonchev–Trinajstić information content (AvgIpc) is 3.41. The van der Waals surface area contributed by atoms with Crippen LogP contribution in [0.15, 0.2) is 59.4 Å². The number of aromatic nitrogens is 3. The van der Waals surface area contributed by atoms with Gasteiger partial charge >= 0.3 is 0 Å². The third-order valence-corrected chi connectivity index (χ3v) is 7.11. The quantitative estimate of drug-likeness (QED) is 0.265. The lowest BCUT2D eigenvalue weighted by Crippen LogP contribution is -1.91. The maximum absolute atomic E-state index is 6.15. The zero-order valence-corrected chi connectivity index (χ0v) is 18.7. The topological polar surface area (TPSA) is 30.2 Å². The minimum atomic E-state index is 0.557. The van der Waals surface area contributed by atoms with Gasteiger partial charge in [0.15, 0.2) is 4.96 Å². The molecule has 0 unspecified atom stereocenters. The first kappa shape index (κ1) is 19.1. The lowest BCUT2D eigenvalue weighted by molar-refractivity contribution is 1.13. The van der Waals surface area contributed by atoms with Crippen molar-refractivity contribution in [3.63, 3.8) is 0 Å². The Morgan fingerprint density at radius 3 is 2.52 bits per heavy atom. The van der Waals surface area contributed by atoms with Crippen LogP contribution in [0, 0.1) is 0 Å². The van der Waals surface area contributed by atoms with Crippen molar-refractivity contribution in [3.8, 4) is 22.6 Å². The Balaban J connectivity index is 1.56. The Kier molecular flexibility index (Phi) is 5.10. The molecule has 0 saturated heterocycles. The van der Waals surface area contributed by atoms with Crippen molar-refractivity contribution in [1.29, 1.82) is 0 Å². The number of hydrogen-bond acceptors (Lipinski definition) is 4. The van der Waals surface area contributed by atoms with Crippen LogP contribution in [0.5, 0.6) is 0 Å². The summed E-state index contributed by atoms with van der Waals surface area (Å²) in [5, 5.41) is 6.93. The minimum Gasteiger partial charge on any atom is -0.288 e. The van der Waals surface area contributed by atoms with Crippen LogP contribution in [0.3, 0.4) is 0 Å². The third kappa shape index (κ3) is 3.69. The van der Waals surface area contributed by atoms with E-state index in [4.69, 9.17) is 44.8 Å². The summed E-state index contributed by atoms with van der Waals surface area (Å²) in [5.74, 6) is 0. The maximum Gasteiger partial charge on any atom is 0.194 e. The fourth-order valence-electron chi connectivity index (χ4n) is 3.16. The van der Waals surface area contributed by atoms with E-state index in [2.05, 4.69) is 9.78 Å². The molecule has 0 aliphatic heterocycles. The van der Waals surface area contributed by atoms with Crippen LogP contribution < -0.4 is 0 Å².